The topological polar surface area (TPSA) is 38.3 Å². The number of hydrogen-bond acceptors (Lipinski definition) is 3. The summed E-state index contributed by atoms with van der Waals surface area (Å²) in [7, 11) is 1.32. The maximum atomic E-state index is 13.0. The number of nitrogens with one attached hydrogen (secondary N) is 1. The molecule has 5 heteroatoms. The molecule has 1 aliphatic heterocycles. The average molecular weight is 241 g/mol. The van der Waals surface area contributed by atoms with Crippen LogP contribution in [-0.2, 0) is 9.53 Å². The molecular weight excluding hydrogens is 228 g/mol. The molecule has 1 heterocycles. The summed E-state index contributed by atoms with van der Waals surface area (Å²) in [6.07, 6.45) is 1.26. The summed E-state index contributed by atoms with van der Waals surface area (Å²) in [5.74, 6) is -1.56. The van der Waals surface area contributed by atoms with E-state index in [1.165, 1.54) is 19.2 Å². The minimum Gasteiger partial charge on any atom is -0.468 e. The van der Waals surface area contributed by atoms with Gasteiger partial charge in [0, 0.05) is 12.1 Å². The van der Waals surface area contributed by atoms with Crippen molar-refractivity contribution < 1.29 is 18.3 Å². The zero-order valence-corrected chi connectivity index (χ0v) is 9.37. The van der Waals surface area contributed by atoms with E-state index in [0.29, 0.717) is 18.4 Å². The monoisotopic (exact) mass is 241 g/mol. The van der Waals surface area contributed by atoms with Crippen molar-refractivity contribution in [1.82, 2.24) is 5.32 Å². The molecule has 1 saturated heterocycles. The molecule has 3 nitrogen and oxygen atoms in total. The van der Waals surface area contributed by atoms with Crippen LogP contribution in [0, 0.1) is 11.6 Å². The lowest BCUT2D eigenvalue weighted by Gasteiger charge is -2.13. The van der Waals surface area contributed by atoms with E-state index in [4.69, 9.17) is 0 Å². The first-order valence-electron chi connectivity index (χ1n) is 5.40. The highest BCUT2D eigenvalue weighted by molar-refractivity contribution is 5.76. The van der Waals surface area contributed by atoms with Crippen LogP contribution in [0.1, 0.15) is 24.4 Å². The van der Waals surface area contributed by atoms with Crippen LogP contribution in [0.5, 0.6) is 0 Å². The van der Waals surface area contributed by atoms with Crippen molar-refractivity contribution >= 4 is 5.97 Å². The van der Waals surface area contributed by atoms with E-state index in [2.05, 4.69) is 10.1 Å². The third kappa shape index (κ3) is 2.61. The number of hydrogen-bond donors (Lipinski definition) is 1. The van der Waals surface area contributed by atoms with E-state index in [1.54, 1.807) is 0 Å². The predicted octanol–water partition coefficient (Wildman–Crippen LogP) is 1.93. The average Bonchev–Trinajstić information content (AvgIpc) is 2.76. The van der Waals surface area contributed by atoms with Gasteiger partial charge in [-0.05, 0) is 30.5 Å². The van der Waals surface area contributed by atoms with Crippen molar-refractivity contribution in [2.45, 2.75) is 24.9 Å². The van der Waals surface area contributed by atoms with Gasteiger partial charge < -0.3 is 4.74 Å². The Labute approximate surface area is 97.8 Å². The van der Waals surface area contributed by atoms with Crippen LogP contribution in [-0.4, -0.2) is 19.1 Å². The van der Waals surface area contributed by atoms with Crippen LogP contribution in [0.2, 0.25) is 0 Å². The lowest BCUT2D eigenvalue weighted by Crippen LogP contribution is -2.33. The number of methoxy groups -OCH3 is 1. The molecule has 1 aromatic carbocycles. The molecule has 0 saturated carbocycles. The zero-order chi connectivity index (χ0) is 12.4. The minimum atomic E-state index is -0.608. The van der Waals surface area contributed by atoms with Gasteiger partial charge in [-0.1, -0.05) is 0 Å². The maximum absolute atomic E-state index is 13.0. The molecule has 0 amide bonds. The van der Waals surface area contributed by atoms with Crippen molar-refractivity contribution in [3.8, 4) is 0 Å². The summed E-state index contributed by atoms with van der Waals surface area (Å²) in [5, 5.41) is 3.00. The first-order chi connectivity index (χ1) is 8.10. The van der Waals surface area contributed by atoms with Crippen LogP contribution in [0.4, 0.5) is 8.78 Å². The smallest absolute Gasteiger partial charge is 0.322 e. The van der Waals surface area contributed by atoms with Gasteiger partial charge in [-0.15, -0.1) is 0 Å². The van der Waals surface area contributed by atoms with Gasteiger partial charge in [0.1, 0.15) is 17.7 Å². The van der Waals surface area contributed by atoms with Gasteiger partial charge in [0.2, 0.25) is 0 Å². The maximum Gasteiger partial charge on any atom is 0.322 e. The minimum absolute atomic E-state index is 0.204. The number of carbonyl (C=O) groups is 1. The Balaban J connectivity index is 2.12. The molecule has 2 atom stereocenters. The standard InChI is InChI=1S/C12H13F2NO2/c1-17-12(16)11-3-2-10(15-11)7-4-8(13)6-9(14)5-7/h4-6,10-11,15H,2-3H2,1H3/t10-,11-/m1/s1. The first-order valence-corrected chi connectivity index (χ1v) is 5.40. The molecule has 0 bridgehead atoms. The second kappa shape index (κ2) is 4.79. The van der Waals surface area contributed by atoms with Crippen molar-refractivity contribution in [2.75, 3.05) is 7.11 Å². The second-order valence-corrected chi connectivity index (χ2v) is 4.08. The van der Waals surface area contributed by atoms with Gasteiger partial charge in [-0.25, -0.2) is 8.78 Å². The number of ether oxygens (including phenoxy) is 1. The summed E-state index contributed by atoms with van der Waals surface area (Å²) in [4.78, 5) is 11.3. The van der Waals surface area contributed by atoms with E-state index in [9.17, 15) is 13.6 Å². The zero-order valence-electron chi connectivity index (χ0n) is 9.37. The second-order valence-electron chi connectivity index (χ2n) is 4.08. The van der Waals surface area contributed by atoms with E-state index in [0.717, 1.165) is 6.07 Å². The van der Waals surface area contributed by atoms with Gasteiger partial charge in [0.05, 0.1) is 7.11 Å². The summed E-state index contributed by atoms with van der Waals surface area (Å²) in [5.41, 5.74) is 0.522. The van der Waals surface area contributed by atoms with Crippen molar-refractivity contribution in [3.63, 3.8) is 0 Å². The van der Waals surface area contributed by atoms with Gasteiger partial charge in [0.25, 0.3) is 0 Å². The molecule has 0 aliphatic carbocycles. The summed E-state index contributed by atoms with van der Waals surface area (Å²) < 4.78 is 30.7. The molecule has 1 aromatic rings. The fourth-order valence-corrected chi connectivity index (χ4v) is 2.11. The fourth-order valence-electron chi connectivity index (χ4n) is 2.11. The Morgan fingerprint density at radius 3 is 2.53 bits per heavy atom. The van der Waals surface area contributed by atoms with Crippen LogP contribution in [0.3, 0.4) is 0 Å². The predicted molar refractivity (Wildman–Crippen MR) is 57.3 cm³/mol. The Kier molecular flexibility index (Phi) is 3.38. The number of halogens is 2. The highest BCUT2D eigenvalue weighted by atomic mass is 19.1. The van der Waals surface area contributed by atoms with E-state index in [-0.39, 0.29) is 12.0 Å². The number of carbonyl (C=O) groups excluding carboxylic acids is 1. The van der Waals surface area contributed by atoms with Gasteiger partial charge in [0.15, 0.2) is 0 Å². The molecule has 92 valence electrons. The normalized spacial score (nSPS) is 23.7. The fraction of sp³-hybridized carbons (Fsp3) is 0.417. The van der Waals surface area contributed by atoms with Crippen LogP contribution < -0.4 is 5.32 Å². The van der Waals surface area contributed by atoms with Gasteiger partial charge in [-0.2, -0.15) is 0 Å². The Morgan fingerprint density at radius 2 is 1.94 bits per heavy atom. The molecule has 0 unspecified atom stereocenters. The van der Waals surface area contributed by atoms with E-state index >= 15 is 0 Å². The third-order valence-electron chi connectivity index (χ3n) is 2.92. The van der Waals surface area contributed by atoms with Crippen molar-refractivity contribution in [3.05, 3.63) is 35.4 Å². The Hall–Kier alpha value is -1.49. The lowest BCUT2D eigenvalue weighted by molar-refractivity contribution is -0.142. The Morgan fingerprint density at radius 1 is 1.29 bits per heavy atom. The summed E-state index contributed by atoms with van der Waals surface area (Å²) >= 11 is 0. The summed E-state index contributed by atoms with van der Waals surface area (Å²) in [6, 6.07) is 2.79. The highest BCUT2D eigenvalue weighted by Crippen LogP contribution is 2.27. The molecule has 1 N–H and O–H groups in total. The van der Waals surface area contributed by atoms with Crippen LogP contribution in [0.15, 0.2) is 18.2 Å². The first kappa shape index (κ1) is 12.0. The Bertz CT molecular complexity index is 416. The molecule has 0 radical (unpaired) electrons. The lowest BCUT2D eigenvalue weighted by atomic mass is 10.1. The van der Waals surface area contributed by atoms with Gasteiger partial charge >= 0.3 is 5.97 Å². The van der Waals surface area contributed by atoms with E-state index in [1.807, 2.05) is 0 Å². The third-order valence-corrected chi connectivity index (χ3v) is 2.92. The highest BCUT2D eigenvalue weighted by Gasteiger charge is 2.30. The molecule has 1 aliphatic rings. The van der Waals surface area contributed by atoms with E-state index < -0.39 is 17.7 Å². The van der Waals surface area contributed by atoms with Crippen molar-refractivity contribution in [2.24, 2.45) is 0 Å². The largest absolute Gasteiger partial charge is 0.468 e. The molecule has 17 heavy (non-hydrogen) atoms. The van der Waals surface area contributed by atoms with Crippen molar-refractivity contribution in [1.29, 1.82) is 0 Å². The number of rotatable bonds is 2. The number of benzene rings is 1. The molecule has 0 aromatic heterocycles. The molecular formula is C12H13F2NO2. The number of esters is 1. The molecule has 1 fully saturated rings. The van der Waals surface area contributed by atoms with Crippen LogP contribution >= 0.6 is 0 Å². The van der Waals surface area contributed by atoms with Gasteiger partial charge in [-0.3, -0.25) is 10.1 Å². The molecule has 0 spiro atoms. The SMILES string of the molecule is COC(=O)[C@H]1CC[C@H](c2cc(F)cc(F)c2)N1. The molecule has 2 rings (SSSR count). The summed E-state index contributed by atoms with van der Waals surface area (Å²) in [6.45, 7) is 0. The quantitative estimate of drug-likeness (QED) is 0.804. The van der Waals surface area contributed by atoms with Crippen LogP contribution in [0.25, 0.3) is 0 Å².